The van der Waals surface area contributed by atoms with Gasteiger partial charge in [0.25, 0.3) is 0 Å². The molecule has 0 saturated carbocycles. The van der Waals surface area contributed by atoms with Gasteiger partial charge in [-0.25, -0.2) is 0 Å². The third-order valence-corrected chi connectivity index (χ3v) is 4.33. The van der Waals surface area contributed by atoms with E-state index in [0.29, 0.717) is 0 Å². The van der Waals surface area contributed by atoms with Crippen molar-refractivity contribution in [2.24, 2.45) is 0 Å². The van der Waals surface area contributed by atoms with Crippen molar-refractivity contribution in [3.63, 3.8) is 0 Å². The molecule has 2 nitrogen and oxygen atoms in total. The predicted molar refractivity (Wildman–Crippen MR) is 95.4 cm³/mol. The van der Waals surface area contributed by atoms with Crippen LogP contribution in [0.3, 0.4) is 0 Å². The van der Waals surface area contributed by atoms with Gasteiger partial charge in [-0.05, 0) is 41.5 Å². The summed E-state index contributed by atoms with van der Waals surface area (Å²) >= 11 is 0. The Morgan fingerprint density at radius 3 is 1.48 bits per heavy atom. The third-order valence-electron chi connectivity index (χ3n) is 4.33. The second-order valence-corrected chi connectivity index (χ2v) is 6.18. The summed E-state index contributed by atoms with van der Waals surface area (Å²) in [5, 5.41) is 20.8. The van der Waals surface area contributed by atoms with E-state index in [1.807, 2.05) is 36.4 Å². The molecule has 2 rings (SSSR count). The molecule has 23 heavy (non-hydrogen) atoms. The summed E-state index contributed by atoms with van der Waals surface area (Å²) in [5.41, 5.74) is 4.30. The molecule has 124 valence electrons. The molecule has 0 saturated heterocycles. The van der Waals surface area contributed by atoms with E-state index < -0.39 is 12.2 Å². The maximum atomic E-state index is 10.4. The average Bonchev–Trinajstić information content (AvgIpc) is 2.56. The van der Waals surface area contributed by atoms with Crippen LogP contribution >= 0.6 is 0 Å². The Morgan fingerprint density at radius 2 is 1.09 bits per heavy atom. The van der Waals surface area contributed by atoms with Crippen molar-refractivity contribution in [2.75, 3.05) is 0 Å². The Kier molecular flexibility index (Phi) is 6.82. The molecule has 0 radical (unpaired) electrons. The molecule has 0 aliphatic rings. The molecule has 0 aliphatic heterocycles. The summed E-state index contributed by atoms with van der Waals surface area (Å²) in [6, 6.07) is 16.2. The van der Waals surface area contributed by atoms with Crippen LogP contribution in [-0.2, 0) is 6.42 Å². The minimum Gasteiger partial charge on any atom is -0.388 e. The second-order valence-electron chi connectivity index (χ2n) is 6.18. The molecule has 0 spiro atoms. The van der Waals surface area contributed by atoms with Crippen LogP contribution in [0.4, 0.5) is 0 Å². The number of aliphatic hydroxyl groups is 2. The zero-order valence-electron chi connectivity index (χ0n) is 14.2. The van der Waals surface area contributed by atoms with Crippen molar-refractivity contribution in [1.29, 1.82) is 0 Å². The number of hydrogen-bond donors (Lipinski definition) is 2. The molecule has 0 aliphatic carbocycles. The molecule has 2 N–H and O–H groups in total. The number of benzene rings is 2. The van der Waals surface area contributed by atoms with Crippen LogP contribution in [0.15, 0.2) is 48.5 Å². The minimum absolute atomic E-state index is 0.413. The van der Waals surface area contributed by atoms with Crippen LogP contribution in [0.1, 0.15) is 74.0 Å². The van der Waals surface area contributed by atoms with E-state index in [4.69, 9.17) is 0 Å². The van der Waals surface area contributed by atoms with E-state index in [1.54, 1.807) is 0 Å². The van der Waals surface area contributed by atoms with Gasteiger partial charge in [0.2, 0.25) is 0 Å². The van der Waals surface area contributed by atoms with Gasteiger partial charge in [-0.15, -0.1) is 0 Å². The number of rotatable bonds is 8. The monoisotopic (exact) mass is 312 g/mol. The quantitative estimate of drug-likeness (QED) is 0.724. The summed E-state index contributed by atoms with van der Waals surface area (Å²) in [6.45, 7) is 4.17. The SMILES string of the molecule is CCCC(O)c1ccccc1Cc1ccccc1C(O)CCC. The van der Waals surface area contributed by atoms with Gasteiger partial charge in [-0.3, -0.25) is 0 Å². The Balaban J connectivity index is 2.30. The van der Waals surface area contributed by atoms with Gasteiger partial charge in [0.05, 0.1) is 12.2 Å². The Labute approximate surface area is 139 Å². The van der Waals surface area contributed by atoms with E-state index in [9.17, 15) is 10.2 Å². The predicted octanol–water partition coefficient (Wildman–Crippen LogP) is 4.94. The first-order chi connectivity index (χ1) is 11.2. The lowest BCUT2D eigenvalue weighted by molar-refractivity contribution is 0.164. The van der Waals surface area contributed by atoms with Gasteiger partial charge in [0, 0.05) is 0 Å². The minimum atomic E-state index is -0.413. The van der Waals surface area contributed by atoms with Crippen molar-refractivity contribution in [3.05, 3.63) is 70.8 Å². The van der Waals surface area contributed by atoms with Crippen LogP contribution < -0.4 is 0 Å². The Bertz CT molecular complexity index is 553. The lowest BCUT2D eigenvalue weighted by Crippen LogP contribution is -2.06. The first-order valence-electron chi connectivity index (χ1n) is 8.69. The van der Waals surface area contributed by atoms with Gasteiger partial charge in [-0.1, -0.05) is 75.2 Å². The molecule has 0 aromatic heterocycles. The van der Waals surface area contributed by atoms with Crippen molar-refractivity contribution in [3.8, 4) is 0 Å². The fraction of sp³-hybridized carbons (Fsp3) is 0.429. The largest absolute Gasteiger partial charge is 0.388 e. The smallest absolute Gasteiger partial charge is 0.0792 e. The summed E-state index contributed by atoms with van der Waals surface area (Å²) in [7, 11) is 0. The van der Waals surface area contributed by atoms with Crippen LogP contribution in [0.5, 0.6) is 0 Å². The van der Waals surface area contributed by atoms with Crippen molar-refractivity contribution in [1.82, 2.24) is 0 Å². The number of hydrogen-bond acceptors (Lipinski definition) is 2. The summed E-state index contributed by atoms with van der Waals surface area (Å²) in [5.74, 6) is 0. The summed E-state index contributed by atoms with van der Waals surface area (Å²) in [4.78, 5) is 0. The molecule has 0 heterocycles. The molecule has 2 unspecified atom stereocenters. The van der Waals surface area contributed by atoms with E-state index in [1.165, 1.54) is 0 Å². The fourth-order valence-electron chi connectivity index (χ4n) is 3.10. The lowest BCUT2D eigenvalue weighted by atomic mass is 9.91. The molecular weight excluding hydrogens is 284 g/mol. The van der Waals surface area contributed by atoms with E-state index in [0.717, 1.165) is 54.4 Å². The second kappa shape index (κ2) is 8.85. The molecule has 2 atom stereocenters. The summed E-state index contributed by atoms with van der Waals surface area (Å²) < 4.78 is 0. The molecule has 2 heteroatoms. The molecule has 0 fully saturated rings. The molecular formula is C21H28O2. The maximum absolute atomic E-state index is 10.4. The normalized spacial score (nSPS) is 13.7. The molecule has 0 bridgehead atoms. The highest BCUT2D eigenvalue weighted by atomic mass is 16.3. The van der Waals surface area contributed by atoms with Gasteiger partial charge in [0.15, 0.2) is 0 Å². The van der Waals surface area contributed by atoms with Crippen LogP contribution in [0.2, 0.25) is 0 Å². The highest BCUT2D eigenvalue weighted by Gasteiger charge is 2.15. The topological polar surface area (TPSA) is 40.5 Å². The van der Waals surface area contributed by atoms with Crippen LogP contribution in [0, 0.1) is 0 Å². The van der Waals surface area contributed by atoms with Crippen molar-refractivity contribution in [2.45, 2.75) is 58.2 Å². The zero-order chi connectivity index (χ0) is 16.7. The van der Waals surface area contributed by atoms with Crippen LogP contribution in [-0.4, -0.2) is 10.2 Å². The van der Waals surface area contributed by atoms with Crippen molar-refractivity contribution < 1.29 is 10.2 Å². The first-order valence-corrected chi connectivity index (χ1v) is 8.69. The van der Waals surface area contributed by atoms with Gasteiger partial charge in [-0.2, -0.15) is 0 Å². The standard InChI is InChI=1S/C21H28O2/c1-3-9-20(22)18-13-7-5-11-16(18)15-17-12-6-8-14-19(17)21(23)10-4-2/h5-8,11-14,20-23H,3-4,9-10,15H2,1-2H3. The van der Waals surface area contributed by atoms with Gasteiger partial charge in [0.1, 0.15) is 0 Å². The maximum Gasteiger partial charge on any atom is 0.0792 e. The Hall–Kier alpha value is -1.64. The zero-order valence-corrected chi connectivity index (χ0v) is 14.2. The number of aliphatic hydroxyl groups excluding tert-OH is 2. The van der Waals surface area contributed by atoms with Crippen LogP contribution in [0.25, 0.3) is 0 Å². The molecule has 0 amide bonds. The highest BCUT2D eigenvalue weighted by Crippen LogP contribution is 2.28. The highest BCUT2D eigenvalue weighted by molar-refractivity contribution is 5.38. The first kappa shape index (κ1) is 17.7. The van der Waals surface area contributed by atoms with Gasteiger partial charge < -0.3 is 10.2 Å². The average molecular weight is 312 g/mol. The summed E-state index contributed by atoms with van der Waals surface area (Å²) in [6.07, 6.45) is 3.39. The lowest BCUT2D eigenvalue weighted by Gasteiger charge is -2.18. The van der Waals surface area contributed by atoms with E-state index in [2.05, 4.69) is 26.0 Å². The van der Waals surface area contributed by atoms with E-state index >= 15 is 0 Å². The Morgan fingerprint density at radius 1 is 0.696 bits per heavy atom. The molecule has 2 aromatic rings. The third kappa shape index (κ3) is 4.66. The van der Waals surface area contributed by atoms with Crippen molar-refractivity contribution >= 4 is 0 Å². The van der Waals surface area contributed by atoms with Gasteiger partial charge >= 0.3 is 0 Å². The fourth-order valence-corrected chi connectivity index (χ4v) is 3.10. The van der Waals surface area contributed by atoms with E-state index in [-0.39, 0.29) is 0 Å². The molecule has 2 aromatic carbocycles.